The van der Waals surface area contributed by atoms with Gasteiger partial charge in [-0.05, 0) is 103 Å². The molecule has 1 fully saturated rings. The van der Waals surface area contributed by atoms with E-state index in [-0.39, 0.29) is 0 Å². The molecule has 0 radical (unpaired) electrons. The molecule has 0 saturated heterocycles. The minimum Gasteiger partial charge on any atom is -0.0842 e. The fraction of sp³-hybridized carbons (Fsp3) is 0.562. The van der Waals surface area contributed by atoms with Crippen LogP contribution < -0.4 is 0 Å². The van der Waals surface area contributed by atoms with E-state index in [0.717, 1.165) is 18.8 Å². The second-order valence-corrected chi connectivity index (χ2v) is 10.6. The Morgan fingerprint density at radius 1 is 0.969 bits per heavy atom. The van der Waals surface area contributed by atoms with Crippen LogP contribution in [0.3, 0.4) is 0 Å². The van der Waals surface area contributed by atoms with E-state index in [0.29, 0.717) is 17.8 Å². The van der Waals surface area contributed by atoms with Crippen LogP contribution in [-0.4, -0.2) is 0 Å². The molecule has 1 saturated carbocycles. The van der Waals surface area contributed by atoms with Crippen LogP contribution in [0.5, 0.6) is 0 Å². The summed E-state index contributed by atoms with van der Waals surface area (Å²) in [7, 11) is 0. The molecule has 3 rings (SSSR count). The van der Waals surface area contributed by atoms with Crippen molar-refractivity contribution in [2.75, 3.05) is 0 Å². The quantitative estimate of drug-likeness (QED) is 0.365. The second-order valence-electron chi connectivity index (χ2n) is 10.6. The average molecular weight is 431 g/mol. The lowest BCUT2D eigenvalue weighted by atomic mass is 9.79. The predicted octanol–water partition coefficient (Wildman–Crippen LogP) is 9.98. The summed E-state index contributed by atoms with van der Waals surface area (Å²) in [6.07, 6.45) is 18.2. The van der Waals surface area contributed by atoms with Crippen molar-refractivity contribution in [3.63, 3.8) is 0 Å². The summed E-state index contributed by atoms with van der Waals surface area (Å²) in [6.45, 7) is 16.5. The third kappa shape index (κ3) is 6.15. The Morgan fingerprint density at radius 2 is 1.72 bits per heavy atom. The van der Waals surface area contributed by atoms with E-state index < -0.39 is 0 Å². The number of allylic oxidation sites excluding steroid dienone is 8. The van der Waals surface area contributed by atoms with Gasteiger partial charge in [-0.2, -0.15) is 0 Å². The molecule has 0 amide bonds. The van der Waals surface area contributed by atoms with Crippen molar-refractivity contribution in [3.05, 3.63) is 81.5 Å². The van der Waals surface area contributed by atoms with Gasteiger partial charge in [0.2, 0.25) is 0 Å². The normalized spacial score (nSPS) is 19.1. The van der Waals surface area contributed by atoms with Gasteiger partial charge in [0.05, 0.1) is 0 Å². The third-order valence-corrected chi connectivity index (χ3v) is 7.94. The van der Waals surface area contributed by atoms with Crippen molar-refractivity contribution in [1.29, 1.82) is 0 Å². The maximum absolute atomic E-state index is 2.59. The second kappa shape index (κ2) is 11.4. The fourth-order valence-electron chi connectivity index (χ4n) is 5.34. The van der Waals surface area contributed by atoms with E-state index in [1.54, 1.807) is 16.7 Å². The summed E-state index contributed by atoms with van der Waals surface area (Å²) in [5.74, 6) is 2.57. The largest absolute Gasteiger partial charge is 0.0842 e. The Bertz CT molecular complexity index is 896. The number of benzene rings is 1. The highest BCUT2D eigenvalue weighted by Gasteiger charge is 2.27. The van der Waals surface area contributed by atoms with Gasteiger partial charge in [0, 0.05) is 0 Å². The van der Waals surface area contributed by atoms with E-state index in [1.165, 1.54) is 54.4 Å². The molecule has 0 bridgehead atoms. The summed E-state index contributed by atoms with van der Waals surface area (Å²) in [5.41, 5.74) is 11.0. The molecular formula is C32H46. The Morgan fingerprint density at radius 3 is 2.34 bits per heavy atom. The molecule has 0 aromatic heterocycles. The van der Waals surface area contributed by atoms with Gasteiger partial charge in [-0.3, -0.25) is 0 Å². The standard InChI is InChI=1S/C32H46/c1-8-23(5)25(7)32(28-17-18-28)30-14-12-10-11-13-26(20-30)19-27(9-2)29-16-15-24(6)31(21-29)22(3)4/h10-11,13,15-16,20-23,25,27H,8-9,12,14,17-19H2,1-7H3. The Kier molecular flexibility index (Phi) is 8.80. The van der Waals surface area contributed by atoms with Crippen molar-refractivity contribution in [1.82, 2.24) is 0 Å². The molecule has 1 aromatic carbocycles. The monoisotopic (exact) mass is 430 g/mol. The number of hydrogen-bond acceptors (Lipinski definition) is 0. The van der Waals surface area contributed by atoms with Crippen LogP contribution in [0.25, 0.3) is 0 Å². The molecular weight excluding hydrogens is 384 g/mol. The van der Waals surface area contributed by atoms with E-state index in [2.05, 4.69) is 91.0 Å². The van der Waals surface area contributed by atoms with E-state index in [9.17, 15) is 0 Å². The lowest BCUT2D eigenvalue weighted by Gasteiger charge is -2.26. The van der Waals surface area contributed by atoms with Crippen LogP contribution in [0.15, 0.2) is 64.8 Å². The zero-order chi connectivity index (χ0) is 23.3. The smallest absolute Gasteiger partial charge is 0.0124 e. The summed E-state index contributed by atoms with van der Waals surface area (Å²) >= 11 is 0. The highest BCUT2D eigenvalue weighted by atomic mass is 14.3. The summed E-state index contributed by atoms with van der Waals surface area (Å²) in [4.78, 5) is 0. The molecule has 0 heterocycles. The molecule has 0 spiro atoms. The van der Waals surface area contributed by atoms with Gasteiger partial charge < -0.3 is 0 Å². The number of rotatable bonds is 9. The van der Waals surface area contributed by atoms with Crippen molar-refractivity contribution in [2.24, 2.45) is 11.8 Å². The third-order valence-electron chi connectivity index (χ3n) is 7.94. The topological polar surface area (TPSA) is 0 Å². The van der Waals surface area contributed by atoms with E-state index in [4.69, 9.17) is 0 Å². The van der Waals surface area contributed by atoms with Gasteiger partial charge in [0.25, 0.3) is 0 Å². The first-order valence-corrected chi connectivity index (χ1v) is 13.2. The van der Waals surface area contributed by atoms with Crippen molar-refractivity contribution in [2.45, 2.75) is 105 Å². The van der Waals surface area contributed by atoms with Gasteiger partial charge in [0.1, 0.15) is 0 Å². The lowest BCUT2D eigenvalue weighted by Crippen LogP contribution is -2.13. The number of aryl methyl sites for hydroxylation is 1. The molecule has 1 aromatic rings. The molecule has 3 atom stereocenters. The van der Waals surface area contributed by atoms with Crippen molar-refractivity contribution in [3.8, 4) is 0 Å². The Hall–Kier alpha value is -1.82. The van der Waals surface area contributed by atoms with Crippen molar-refractivity contribution >= 4 is 0 Å². The van der Waals surface area contributed by atoms with Crippen LogP contribution in [0, 0.1) is 18.8 Å². The van der Waals surface area contributed by atoms with Crippen LogP contribution in [-0.2, 0) is 0 Å². The maximum Gasteiger partial charge on any atom is -0.0124 e. The van der Waals surface area contributed by atoms with Crippen LogP contribution in [0.1, 0.15) is 115 Å². The van der Waals surface area contributed by atoms with Gasteiger partial charge in [-0.15, -0.1) is 0 Å². The maximum atomic E-state index is 2.59. The predicted molar refractivity (Wildman–Crippen MR) is 142 cm³/mol. The average Bonchev–Trinajstić information content (AvgIpc) is 3.59. The summed E-state index contributed by atoms with van der Waals surface area (Å²) in [6, 6.07) is 7.20. The van der Waals surface area contributed by atoms with Gasteiger partial charge in [-0.25, -0.2) is 0 Å². The zero-order valence-electron chi connectivity index (χ0n) is 21.8. The Balaban J connectivity index is 1.91. The molecule has 0 aliphatic heterocycles. The highest BCUT2D eigenvalue weighted by molar-refractivity contribution is 5.47. The minimum atomic E-state index is 0.577. The molecule has 2 aliphatic carbocycles. The molecule has 32 heavy (non-hydrogen) atoms. The molecule has 0 nitrogen and oxygen atoms in total. The Labute approximate surface area is 198 Å². The zero-order valence-corrected chi connectivity index (χ0v) is 21.8. The van der Waals surface area contributed by atoms with Gasteiger partial charge in [0.15, 0.2) is 0 Å². The van der Waals surface area contributed by atoms with Gasteiger partial charge in [-0.1, -0.05) is 96.0 Å². The van der Waals surface area contributed by atoms with Crippen molar-refractivity contribution < 1.29 is 0 Å². The molecule has 2 aliphatic rings. The minimum absolute atomic E-state index is 0.577. The van der Waals surface area contributed by atoms with Crippen LogP contribution in [0.2, 0.25) is 0 Å². The summed E-state index contributed by atoms with van der Waals surface area (Å²) in [5, 5.41) is 0. The van der Waals surface area contributed by atoms with Crippen LogP contribution >= 0.6 is 0 Å². The fourth-order valence-corrected chi connectivity index (χ4v) is 5.34. The first-order valence-electron chi connectivity index (χ1n) is 13.2. The van der Waals surface area contributed by atoms with Crippen LogP contribution in [0.4, 0.5) is 0 Å². The first-order chi connectivity index (χ1) is 15.3. The molecule has 0 heteroatoms. The first kappa shape index (κ1) is 24.8. The van der Waals surface area contributed by atoms with E-state index in [1.807, 2.05) is 0 Å². The molecule has 174 valence electrons. The molecule has 0 N–H and O–H groups in total. The van der Waals surface area contributed by atoms with Gasteiger partial charge >= 0.3 is 0 Å². The highest BCUT2D eigenvalue weighted by Crippen LogP contribution is 2.43. The molecule has 3 unspecified atom stereocenters. The summed E-state index contributed by atoms with van der Waals surface area (Å²) < 4.78 is 0. The van der Waals surface area contributed by atoms with E-state index >= 15 is 0 Å². The number of hydrogen-bond donors (Lipinski definition) is 0. The lowest BCUT2D eigenvalue weighted by molar-refractivity contribution is 0.428. The SMILES string of the molecule is CCC(CC1=CC=CCCC(C(=C2CC2)C(C)C(C)CC)=C1)c1ccc(C)c(C(C)C)c1.